The van der Waals surface area contributed by atoms with Crippen LogP contribution in [0.1, 0.15) is 201 Å². The highest BCUT2D eigenvalue weighted by Gasteiger charge is 2.38. The van der Waals surface area contributed by atoms with Crippen molar-refractivity contribution in [2.45, 2.75) is 225 Å². The Bertz CT molecular complexity index is 1410. The molecule has 4 aliphatic heterocycles. The summed E-state index contributed by atoms with van der Waals surface area (Å²) in [5, 5.41) is 35.7. The summed E-state index contributed by atoms with van der Waals surface area (Å²) < 4.78 is 0. The van der Waals surface area contributed by atoms with Crippen LogP contribution >= 0.6 is 0 Å². The van der Waals surface area contributed by atoms with Crippen LogP contribution in [0.5, 0.6) is 0 Å². The molecule has 0 aromatic carbocycles. The van der Waals surface area contributed by atoms with Gasteiger partial charge in [0.2, 0.25) is 23.6 Å². The molecule has 4 N–H and O–H groups in total. The van der Waals surface area contributed by atoms with Crippen LogP contribution in [0.25, 0.3) is 0 Å². The Balaban J connectivity index is 0.000000428. The van der Waals surface area contributed by atoms with E-state index < -0.39 is 48.0 Å². The number of hydrogen-bond acceptors (Lipinski definition) is 8. The number of rotatable bonds is 27. The molecule has 0 aromatic heterocycles. The fraction of sp³-hybridized carbons (Fsp3) is 0.830. The third-order valence-electron chi connectivity index (χ3n) is 12.2. The zero-order valence-corrected chi connectivity index (χ0v) is 39.1. The van der Waals surface area contributed by atoms with E-state index >= 15 is 0 Å². The average Bonchev–Trinajstić information content (AvgIpc) is 4.02. The third-order valence-corrected chi connectivity index (χ3v) is 12.2. The van der Waals surface area contributed by atoms with Gasteiger partial charge in [-0.2, -0.15) is 0 Å². The van der Waals surface area contributed by atoms with Gasteiger partial charge in [-0.15, -0.1) is 0 Å². The smallest absolute Gasteiger partial charge is 0.326 e. The Morgan fingerprint density at radius 1 is 0.349 bits per heavy atom. The van der Waals surface area contributed by atoms with Crippen LogP contribution in [0.2, 0.25) is 0 Å². The van der Waals surface area contributed by atoms with E-state index in [1.54, 1.807) is 4.90 Å². The summed E-state index contributed by atoms with van der Waals surface area (Å²) >= 11 is 0. The molecule has 16 heteroatoms. The van der Waals surface area contributed by atoms with Gasteiger partial charge in [-0.1, -0.05) is 124 Å². The first-order valence-corrected chi connectivity index (χ1v) is 24.2. The minimum Gasteiger partial charge on any atom is -0.480 e. The molecule has 0 saturated carbocycles. The number of carboxylic acid groups (broad SMARTS) is 4. The highest BCUT2D eigenvalue weighted by Crippen LogP contribution is 2.23. The molecule has 4 saturated heterocycles. The summed E-state index contributed by atoms with van der Waals surface area (Å²) in [7, 11) is 0. The fourth-order valence-corrected chi connectivity index (χ4v) is 8.42. The lowest BCUT2D eigenvalue weighted by atomic mass is 10.1. The van der Waals surface area contributed by atoms with Crippen LogP contribution in [0, 0.1) is 0 Å². The number of aliphatic carboxylic acids is 4. The Hall–Kier alpha value is -4.24. The largest absolute Gasteiger partial charge is 0.480 e. The molecule has 0 unspecified atom stereocenters. The number of likely N-dealkylation sites (tertiary alicyclic amines) is 4. The molecule has 4 rings (SSSR count). The van der Waals surface area contributed by atoms with Gasteiger partial charge < -0.3 is 40.0 Å². The molecular weight excluding hydrogens is 813 g/mol. The van der Waals surface area contributed by atoms with Crippen LogP contribution < -0.4 is 0 Å². The first-order valence-electron chi connectivity index (χ1n) is 24.2. The van der Waals surface area contributed by atoms with Gasteiger partial charge in [-0.3, -0.25) is 19.2 Å². The van der Waals surface area contributed by atoms with Crippen molar-refractivity contribution in [2.75, 3.05) is 26.2 Å². The highest BCUT2D eigenvalue weighted by molar-refractivity contribution is 5.89. The number of carbonyl (C=O) groups excluding carboxylic acids is 4. The molecule has 4 amide bonds. The maximum absolute atomic E-state index is 11.6. The van der Waals surface area contributed by atoms with Crippen molar-refractivity contribution in [3.8, 4) is 0 Å². The zero-order chi connectivity index (χ0) is 47.2. The normalized spacial score (nSPS) is 20.6. The Morgan fingerprint density at radius 3 is 0.794 bits per heavy atom. The molecule has 0 aliphatic carbocycles. The predicted molar refractivity (Wildman–Crippen MR) is 240 cm³/mol. The van der Waals surface area contributed by atoms with Gasteiger partial charge in [0.1, 0.15) is 24.2 Å². The second-order valence-electron chi connectivity index (χ2n) is 17.2. The number of unbranched alkanes of at least 4 members (excludes halogenated alkanes) is 15. The van der Waals surface area contributed by atoms with Crippen molar-refractivity contribution in [1.82, 2.24) is 19.6 Å². The Kier molecular flexibility index (Phi) is 30.0. The molecule has 362 valence electrons. The van der Waals surface area contributed by atoms with Crippen LogP contribution in [0.4, 0.5) is 0 Å². The molecule has 63 heavy (non-hydrogen) atoms. The van der Waals surface area contributed by atoms with E-state index in [0.717, 1.165) is 70.6 Å². The van der Waals surface area contributed by atoms with E-state index in [2.05, 4.69) is 20.8 Å². The van der Waals surface area contributed by atoms with Gasteiger partial charge in [0.25, 0.3) is 0 Å². The number of hydrogen-bond donors (Lipinski definition) is 4. The molecular formula is C47H82N4O12. The highest BCUT2D eigenvalue weighted by atomic mass is 16.4. The van der Waals surface area contributed by atoms with Crippen LogP contribution in [0.3, 0.4) is 0 Å². The lowest BCUT2D eigenvalue weighted by Crippen LogP contribution is -2.39. The van der Waals surface area contributed by atoms with Gasteiger partial charge in [0, 0.05) is 51.9 Å². The van der Waals surface area contributed by atoms with Gasteiger partial charge in [0.15, 0.2) is 0 Å². The summed E-state index contributed by atoms with van der Waals surface area (Å²) in [5.41, 5.74) is 0. The molecule has 16 nitrogen and oxygen atoms in total. The number of amides is 4. The van der Waals surface area contributed by atoms with Crippen molar-refractivity contribution in [1.29, 1.82) is 0 Å². The summed E-state index contributed by atoms with van der Waals surface area (Å²) in [6.07, 6.45) is 25.2. The van der Waals surface area contributed by atoms with Crippen molar-refractivity contribution < 1.29 is 58.8 Å². The lowest BCUT2D eigenvalue weighted by Gasteiger charge is -2.21. The number of nitrogens with zero attached hydrogens (tertiary/aromatic N) is 4. The first-order chi connectivity index (χ1) is 30.2. The molecule has 4 heterocycles. The maximum atomic E-state index is 11.6. The molecule has 0 spiro atoms. The fourth-order valence-electron chi connectivity index (χ4n) is 8.42. The minimum absolute atomic E-state index is 0.00102. The van der Waals surface area contributed by atoms with Crippen molar-refractivity contribution >= 4 is 47.5 Å². The van der Waals surface area contributed by atoms with Crippen molar-refractivity contribution in [2.24, 2.45) is 0 Å². The van der Waals surface area contributed by atoms with Crippen LogP contribution in [-0.2, 0) is 38.4 Å². The van der Waals surface area contributed by atoms with Crippen molar-refractivity contribution in [3.05, 3.63) is 0 Å². The van der Waals surface area contributed by atoms with E-state index in [-0.39, 0.29) is 23.6 Å². The van der Waals surface area contributed by atoms with E-state index in [1.807, 2.05) is 6.92 Å². The SMILES string of the molecule is CCCCCCCCCCCCN1C(=O)CC[C@H]1C(=O)O.CCCCCCN1C(=O)CC[C@H]1C(=O)O.CCCCCN1C(=O)CC[C@H]1C(=O)O.CCCCN1C(=O)CC[C@H]1C(=O)O. The van der Waals surface area contributed by atoms with E-state index in [9.17, 15) is 38.4 Å². The molecule has 4 aliphatic rings. The molecule has 4 atom stereocenters. The van der Waals surface area contributed by atoms with Gasteiger partial charge in [-0.25, -0.2) is 19.2 Å². The minimum atomic E-state index is -0.873. The molecule has 0 aromatic rings. The van der Waals surface area contributed by atoms with E-state index in [0.29, 0.717) is 77.5 Å². The van der Waals surface area contributed by atoms with Crippen LogP contribution in [-0.4, -0.2) is 138 Å². The van der Waals surface area contributed by atoms with Crippen LogP contribution in [0.15, 0.2) is 0 Å². The molecule has 0 radical (unpaired) electrons. The lowest BCUT2D eigenvalue weighted by molar-refractivity contribution is -0.146. The summed E-state index contributed by atoms with van der Waals surface area (Å²) in [6.45, 7) is 10.9. The summed E-state index contributed by atoms with van der Waals surface area (Å²) in [5.74, 6) is -3.47. The quantitative estimate of drug-likeness (QED) is 0.0581. The monoisotopic (exact) mass is 895 g/mol. The number of carbonyl (C=O) groups is 8. The Labute approximate surface area is 376 Å². The second kappa shape index (κ2) is 33.3. The summed E-state index contributed by atoms with van der Waals surface area (Å²) in [6, 6.07) is -2.28. The zero-order valence-electron chi connectivity index (χ0n) is 39.1. The number of carboxylic acids is 4. The molecule has 0 bridgehead atoms. The standard InChI is InChI=1S/C17H31NO3.C11H19NO3.C10H17NO3.C9H15NO3/c1-2-3-4-5-6-7-8-9-10-11-14-18-15(17(20)21)12-13-16(18)19;1-2-3-4-5-8-12-9(11(14)15)6-7-10(12)13;1-2-3-4-7-11-8(10(13)14)5-6-9(11)12;1-2-3-6-10-7(9(12)13)4-5-8(10)11/h15H,2-14H2,1H3,(H,20,21);9H,2-8H2,1H3,(H,14,15);8H,2-7H2,1H3,(H,13,14);7H,2-6H2,1H3,(H,12,13)/t15-;9-;8-;7-/m0000/s1. The van der Waals surface area contributed by atoms with E-state index in [1.165, 1.54) is 66.1 Å². The van der Waals surface area contributed by atoms with Gasteiger partial charge in [-0.05, 0) is 51.4 Å². The average molecular weight is 895 g/mol. The van der Waals surface area contributed by atoms with E-state index in [4.69, 9.17) is 20.4 Å². The summed E-state index contributed by atoms with van der Waals surface area (Å²) in [4.78, 5) is 95.2. The first kappa shape index (κ1) is 56.8. The van der Waals surface area contributed by atoms with Gasteiger partial charge >= 0.3 is 23.9 Å². The molecule has 4 fully saturated rings. The maximum Gasteiger partial charge on any atom is 0.326 e. The second-order valence-corrected chi connectivity index (χ2v) is 17.2. The Morgan fingerprint density at radius 2 is 0.540 bits per heavy atom. The topological polar surface area (TPSA) is 230 Å². The van der Waals surface area contributed by atoms with Crippen molar-refractivity contribution in [3.63, 3.8) is 0 Å². The van der Waals surface area contributed by atoms with Gasteiger partial charge in [0.05, 0.1) is 0 Å². The third kappa shape index (κ3) is 21.8. The predicted octanol–water partition coefficient (Wildman–Crippen LogP) is 7.74.